The summed E-state index contributed by atoms with van der Waals surface area (Å²) in [6.07, 6.45) is 3.04. The van der Waals surface area contributed by atoms with Crippen molar-refractivity contribution in [1.82, 2.24) is 15.1 Å². The van der Waals surface area contributed by atoms with Gasteiger partial charge in [0.1, 0.15) is 0 Å². The molecular formula is C16H22ClN3. The van der Waals surface area contributed by atoms with E-state index in [2.05, 4.69) is 43.4 Å². The summed E-state index contributed by atoms with van der Waals surface area (Å²) in [5.41, 5.74) is 3.60. The Morgan fingerprint density at radius 2 is 2.10 bits per heavy atom. The Hall–Kier alpha value is -1.32. The van der Waals surface area contributed by atoms with Crippen molar-refractivity contribution in [2.24, 2.45) is 7.05 Å². The molecule has 0 saturated carbocycles. The molecule has 0 aliphatic carbocycles. The standard InChI is InChI=1S/C16H22ClN3/c1-11(8-14-6-5-7-15(17)9-14)18-12(2)16-10-20(4)19-13(16)3/h5-7,9-12,18H,8H2,1-4H3. The highest BCUT2D eigenvalue weighted by molar-refractivity contribution is 6.30. The Morgan fingerprint density at radius 3 is 2.70 bits per heavy atom. The first-order valence-corrected chi connectivity index (χ1v) is 7.34. The van der Waals surface area contributed by atoms with Crippen LogP contribution in [0.1, 0.15) is 36.7 Å². The Bertz CT molecular complexity index is 577. The van der Waals surface area contributed by atoms with Crippen molar-refractivity contribution < 1.29 is 0 Å². The number of aromatic nitrogens is 2. The lowest BCUT2D eigenvalue weighted by Gasteiger charge is -2.20. The number of aryl methyl sites for hydroxylation is 2. The lowest BCUT2D eigenvalue weighted by molar-refractivity contribution is 0.476. The molecule has 0 amide bonds. The van der Waals surface area contributed by atoms with Crippen LogP contribution in [0.2, 0.25) is 5.02 Å². The monoisotopic (exact) mass is 291 g/mol. The maximum Gasteiger partial charge on any atom is 0.0641 e. The maximum atomic E-state index is 6.02. The molecular weight excluding hydrogens is 270 g/mol. The topological polar surface area (TPSA) is 29.9 Å². The van der Waals surface area contributed by atoms with Crippen molar-refractivity contribution >= 4 is 11.6 Å². The van der Waals surface area contributed by atoms with Gasteiger partial charge in [-0.15, -0.1) is 0 Å². The molecule has 1 aromatic heterocycles. The van der Waals surface area contributed by atoms with E-state index < -0.39 is 0 Å². The zero-order valence-electron chi connectivity index (χ0n) is 12.5. The molecule has 4 heteroatoms. The van der Waals surface area contributed by atoms with Crippen LogP contribution in [0.25, 0.3) is 0 Å². The van der Waals surface area contributed by atoms with E-state index in [9.17, 15) is 0 Å². The molecule has 108 valence electrons. The number of hydrogen-bond acceptors (Lipinski definition) is 2. The summed E-state index contributed by atoms with van der Waals surface area (Å²) >= 11 is 6.02. The lowest BCUT2D eigenvalue weighted by Crippen LogP contribution is -2.30. The Kier molecular flexibility index (Phi) is 4.84. The fraction of sp³-hybridized carbons (Fsp3) is 0.438. The van der Waals surface area contributed by atoms with E-state index in [1.807, 2.05) is 29.9 Å². The summed E-state index contributed by atoms with van der Waals surface area (Å²) < 4.78 is 1.87. The zero-order valence-corrected chi connectivity index (χ0v) is 13.3. The van der Waals surface area contributed by atoms with Gasteiger partial charge in [0.15, 0.2) is 0 Å². The molecule has 0 saturated heterocycles. The largest absolute Gasteiger partial charge is 0.307 e. The third-order valence-electron chi connectivity index (χ3n) is 3.48. The number of benzene rings is 1. The van der Waals surface area contributed by atoms with Crippen molar-refractivity contribution in [3.8, 4) is 0 Å². The second-order valence-corrected chi connectivity index (χ2v) is 5.90. The first kappa shape index (κ1) is 15.1. The molecule has 0 bridgehead atoms. The van der Waals surface area contributed by atoms with Crippen LogP contribution in [0.5, 0.6) is 0 Å². The fourth-order valence-corrected chi connectivity index (χ4v) is 2.85. The molecule has 0 fully saturated rings. The van der Waals surface area contributed by atoms with Gasteiger partial charge in [0.25, 0.3) is 0 Å². The van der Waals surface area contributed by atoms with Gasteiger partial charge in [-0.25, -0.2) is 0 Å². The number of nitrogens with zero attached hydrogens (tertiary/aromatic N) is 2. The van der Waals surface area contributed by atoms with Gasteiger partial charge in [0.2, 0.25) is 0 Å². The summed E-state index contributed by atoms with van der Waals surface area (Å²) in [6.45, 7) is 6.43. The van der Waals surface area contributed by atoms with Crippen LogP contribution >= 0.6 is 11.6 Å². The van der Waals surface area contributed by atoms with E-state index in [0.29, 0.717) is 6.04 Å². The van der Waals surface area contributed by atoms with E-state index in [4.69, 9.17) is 11.6 Å². The van der Waals surface area contributed by atoms with Crippen LogP contribution in [0.4, 0.5) is 0 Å². The van der Waals surface area contributed by atoms with E-state index in [0.717, 1.165) is 17.1 Å². The van der Waals surface area contributed by atoms with Crippen LogP contribution in [0.15, 0.2) is 30.5 Å². The van der Waals surface area contributed by atoms with Crippen molar-refractivity contribution in [2.45, 2.75) is 39.3 Å². The summed E-state index contributed by atoms with van der Waals surface area (Å²) in [7, 11) is 1.96. The van der Waals surface area contributed by atoms with Gasteiger partial charge < -0.3 is 5.32 Å². The van der Waals surface area contributed by atoms with E-state index in [-0.39, 0.29) is 6.04 Å². The normalized spacial score (nSPS) is 14.2. The van der Waals surface area contributed by atoms with Crippen LogP contribution in [0, 0.1) is 6.92 Å². The highest BCUT2D eigenvalue weighted by atomic mass is 35.5. The van der Waals surface area contributed by atoms with E-state index >= 15 is 0 Å². The highest BCUT2D eigenvalue weighted by Gasteiger charge is 2.14. The molecule has 0 spiro atoms. The SMILES string of the molecule is Cc1nn(C)cc1C(C)NC(C)Cc1cccc(Cl)c1. The Labute approximate surface area is 126 Å². The average Bonchev–Trinajstić information content (AvgIpc) is 2.68. The molecule has 0 radical (unpaired) electrons. The smallest absolute Gasteiger partial charge is 0.0641 e. The van der Waals surface area contributed by atoms with E-state index in [1.54, 1.807) is 0 Å². The second kappa shape index (κ2) is 6.42. The minimum Gasteiger partial charge on any atom is -0.307 e. The average molecular weight is 292 g/mol. The van der Waals surface area contributed by atoms with Crippen molar-refractivity contribution in [1.29, 1.82) is 0 Å². The summed E-state index contributed by atoms with van der Waals surface area (Å²) in [4.78, 5) is 0. The summed E-state index contributed by atoms with van der Waals surface area (Å²) in [6, 6.07) is 8.72. The summed E-state index contributed by atoms with van der Waals surface area (Å²) in [5, 5.41) is 8.81. The van der Waals surface area contributed by atoms with Gasteiger partial charge in [0, 0.05) is 35.9 Å². The van der Waals surface area contributed by atoms with Gasteiger partial charge in [-0.05, 0) is 44.9 Å². The van der Waals surface area contributed by atoms with Gasteiger partial charge in [-0.2, -0.15) is 5.10 Å². The van der Waals surface area contributed by atoms with Crippen molar-refractivity contribution in [3.63, 3.8) is 0 Å². The third-order valence-corrected chi connectivity index (χ3v) is 3.72. The Morgan fingerprint density at radius 1 is 1.35 bits per heavy atom. The number of nitrogens with one attached hydrogen (secondary N) is 1. The quantitative estimate of drug-likeness (QED) is 0.911. The molecule has 0 aliphatic rings. The number of halogens is 1. The van der Waals surface area contributed by atoms with Crippen LogP contribution in [0.3, 0.4) is 0 Å². The number of rotatable bonds is 5. The van der Waals surface area contributed by atoms with Crippen LogP contribution in [-0.2, 0) is 13.5 Å². The molecule has 2 unspecified atom stereocenters. The van der Waals surface area contributed by atoms with Crippen molar-refractivity contribution in [3.05, 3.63) is 52.3 Å². The molecule has 3 nitrogen and oxygen atoms in total. The van der Waals surface area contributed by atoms with Crippen LogP contribution < -0.4 is 5.32 Å². The third kappa shape index (κ3) is 3.84. The lowest BCUT2D eigenvalue weighted by atomic mass is 10.0. The van der Waals surface area contributed by atoms with Crippen LogP contribution in [-0.4, -0.2) is 15.8 Å². The molecule has 2 aromatic rings. The molecule has 0 aliphatic heterocycles. The van der Waals surface area contributed by atoms with Gasteiger partial charge >= 0.3 is 0 Å². The fourth-order valence-electron chi connectivity index (χ4n) is 2.64. The first-order valence-electron chi connectivity index (χ1n) is 6.96. The molecule has 1 aromatic carbocycles. The molecule has 1 N–H and O–H groups in total. The Balaban J connectivity index is 1.97. The minimum absolute atomic E-state index is 0.290. The van der Waals surface area contributed by atoms with Gasteiger partial charge in [-0.1, -0.05) is 23.7 Å². The van der Waals surface area contributed by atoms with E-state index in [1.165, 1.54) is 11.1 Å². The zero-order chi connectivity index (χ0) is 14.7. The number of hydrogen-bond donors (Lipinski definition) is 1. The highest BCUT2D eigenvalue weighted by Crippen LogP contribution is 2.18. The van der Waals surface area contributed by atoms with Crippen molar-refractivity contribution in [2.75, 3.05) is 0 Å². The van der Waals surface area contributed by atoms with Gasteiger partial charge in [0.05, 0.1) is 5.69 Å². The predicted molar refractivity (Wildman–Crippen MR) is 84.1 cm³/mol. The maximum absolute atomic E-state index is 6.02. The summed E-state index contributed by atoms with van der Waals surface area (Å²) in [5.74, 6) is 0. The first-order chi connectivity index (χ1) is 9.45. The molecule has 1 heterocycles. The second-order valence-electron chi connectivity index (χ2n) is 5.47. The molecule has 20 heavy (non-hydrogen) atoms. The molecule has 2 rings (SSSR count). The van der Waals surface area contributed by atoms with Gasteiger partial charge in [-0.3, -0.25) is 4.68 Å². The predicted octanol–water partition coefficient (Wildman–Crippen LogP) is 3.66. The minimum atomic E-state index is 0.290. The molecule has 2 atom stereocenters.